The van der Waals surface area contributed by atoms with Crippen LogP contribution in [-0.4, -0.2) is 69.5 Å². The summed E-state index contributed by atoms with van der Waals surface area (Å²) in [7, 11) is -3.62. The lowest BCUT2D eigenvalue weighted by atomic mass is 10.2. The molecule has 0 radical (unpaired) electrons. The maximum absolute atomic E-state index is 12.7. The molecule has 0 unspecified atom stereocenters. The van der Waals surface area contributed by atoms with E-state index < -0.39 is 10.0 Å². The number of likely N-dealkylation sites (tertiary alicyclic amines) is 1. The predicted octanol–water partition coefficient (Wildman–Crippen LogP) is 2.14. The Labute approximate surface area is 165 Å². The molecular formula is C18H25ClN2O5S. The molecule has 0 atom stereocenters. The minimum Gasteiger partial charge on any atom is -0.482 e. The molecule has 2 aliphatic heterocycles. The van der Waals surface area contributed by atoms with Gasteiger partial charge in [0.25, 0.3) is 5.91 Å². The van der Waals surface area contributed by atoms with Gasteiger partial charge in [-0.15, -0.1) is 0 Å². The Morgan fingerprint density at radius 2 is 1.74 bits per heavy atom. The van der Waals surface area contributed by atoms with Gasteiger partial charge in [-0.2, -0.15) is 4.31 Å². The van der Waals surface area contributed by atoms with Crippen LogP contribution in [0.5, 0.6) is 5.75 Å². The van der Waals surface area contributed by atoms with E-state index in [1.54, 1.807) is 0 Å². The highest BCUT2D eigenvalue weighted by molar-refractivity contribution is 7.89. The van der Waals surface area contributed by atoms with Gasteiger partial charge in [-0.25, -0.2) is 8.42 Å². The number of benzene rings is 1. The molecule has 0 aliphatic carbocycles. The van der Waals surface area contributed by atoms with Gasteiger partial charge in [-0.05, 0) is 31.0 Å². The van der Waals surface area contributed by atoms with Gasteiger partial charge < -0.3 is 14.4 Å². The topological polar surface area (TPSA) is 76.2 Å². The minimum absolute atomic E-state index is 0.0713. The van der Waals surface area contributed by atoms with Crippen molar-refractivity contribution < 1.29 is 22.7 Å². The number of amides is 1. The van der Waals surface area contributed by atoms with Crippen molar-refractivity contribution in [3.63, 3.8) is 0 Å². The van der Waals surface area contributed by atoms with E-state index in [0.29, 0.717) is 32.1 Å². The Hall–Kier alpha value is -1.35. The molecule has 1 aromatic rings. The molecule has 2 fully saturated rings. The molecule has 2 saturated heterocycles. The zero-order valence-electron chi connectivity index (χ0n) is 15.2. The molecule has 27 heavy (non-hydrogen) atoms. The van der Waals surface area contributed by atoms with E-state index in [4.69, 9.17) is 21.1 Å². The summed E-state index contributed by atoms with van der Waals surface area (Å²) in [4.78, 5) is 14.2. The summed E-state index contributed by atoms with van der Waals surface area (Å²) in [5, 5.41) is 0.174. The fourth-order valence-electron chi connectivity index (χ4n) is 3.25. The van der Waals surface area contributed by atoms with E-state index in [1.807, 2.05) is 4.90 Å². The highest BCUT2D eigenvalue weighted by atomic mass is 35.5. The van der Waals surface area contributed by atoms with Crippen LogP contribution in [0.4, 0.5) is 0 Å². The number of sulfonamides is 1. The molecule has 0 aromatic heterocycles. The van der Waals surface area contributed by atoms with E-state index in [2.05, 4.69) is 0 Å². The largest absolute Gasteiger partial charge is 0.482 e. The molecule has 0 bridgehead atoms. The summed E-state index contributed by atoms with van der Waals surface area (Å²) in [5.41, 5.74) is 0. The lowest BCUT2D eigenvalue weighted by Gasteiger charge is -2.26. The molecular weight excluding hydrogens is 392 g/mol. The normalized spacial score (nSPS) is 19.5. The van der Waals surface area contributed by atoms with Gasteiger partial charge in [0.15, 0.2) is 6.61 Å². The predicted molar refractivity (Wildman–Crippen MR) is 102 cm³/mol. The first-order valence-electron chi connectivity index (χ1n) is 9.26. The van der Waals surface area contributed by atoms with Crippen LogP contribution in [0.15, 0.2) is 23.1 Å². The first kappa shape index (κ1) is 20.4. The van der Waals surface area contributed by atoms with Gasteiger partial charge in [0.05, 0.1) is 23.1 Å². The number of carbonyl (C=O) groups excluding carboxylic acids is 1. The average molecular weight is 417 g/mol. The van der Waals surface area contributed by atoms with Gasteiger partial charge in [0.1, 0.15) is 5.75 Å². The van der Waals surface area contributed by atoms with Crippen LogP contribution in [-0.2, 0) is 19.6 Å². The van der Waals surface area contributed by atoms with E-state index in [9.17, 15) is 13.2 Å². The Balaban J connectivity index is 1.63. The number of carbonyl (C=O) groups is 1. The fourth-order valence-corrected chi connectivity index (χ4v) is 4.98. The molecule has 9 heteroatoms. The zero-order chi connectivity index (χ0) is 19.3. The first-order valence-corrected chi connectivity index (χ1v) is 11.1. The van der Waals surface area contributed by atoms with Crippen LogP contribution in [0.25, 0.3) is 0 Å². The van der Waals surface area contributed by atoms with Crippen molar-refractivity contribution in [2.24, 2.45) is 0 Å². The number of hydrogen-bond acceptors (Lipinski definition) is 5. The first-order chi connectivity index (χ1) is 13.0. The van der Waals surface area contributed by atoms with Crippen LogP contribution < -0.4 is 4.74 Å². The maximum Gasteiger partial charge on any atom is 0.260 e. The quantitative estimate of drug-likeness (QED) is 0.735. The second-order valence-electron chi connectivity index (χ2n) is 6.69. The third-order valence-corrected chi connectivity index (χ3v) is 7.01. The van der Waals surface area contributed by atoms with Crippen molar-refractivity contribution in [1.29, 1.82) is 0 Å². The lowest BCUT2D eigenvalue weighted by Crippen LogP contribution is -2.40. The number of ether oxygens (including phenoxy) is 2. The molecule has 0 N–H and O–H groups in total. The number of nitrogens with zero attached hydrogens (tertiary/aromatic N) is 2. The second kappa shape index (κ2) is 9.23. The van der Waals surface area contributed by atoms with Gasteiger partial charge >= 0.3 is 0 Å². The number of morpholine rings is 1. The van der Waals surface area contributed by atoms with E-state index >= 15 is 0 Å². The summed E-state index contributed by atoms with van der Waals surface area (Å²) in [6.07, 6.45) is 4.33. The fraction of sp³-hybridized carbons (Fsp3) is 0.611. The third kappa shape index (κ3) is 5.13. The van der Waals surface area contributed by atoms with Gasteiger partial charge in [0, 0.05) is 26.2 Å². The highest BCUT2D eigenvalue weighted by Gasteiger charge is 2.27. The summed E-state index contributed by atoms with van der Waals surface area (Å²) >= 11 is 6.21. The zero-order valence-corrected chi connectivity index (χ0v) is 16.8. The Kier molecular flexibility index (Phi) is 6.97. The van der Waals surface area contributed by atoms with Crippen molar-refractivity contribution in [3.05, 3.63) is 23.2 Å². The lowest BCUT2D eigenvalue weighted by molar-refractivity contribution is -0.133. The molecule has 150 valence electrons. The monoisotopic (exact) mass is 416 g/mol. The maximum atomic E-state index is 12.7. The second-order valence-corrected chi connectivity index (χ2v) is 9.04. The van der Waals surface area contributed by atoms with Crippen molar-refractivity contribution in [2.75, 3.05) is 46.0 Å². The molecule has 7 nitrogen and oxygen atoms in total. The van der Waals surface area contributed by atoms with Crippen molar-refractivity contribution in [3.8, 4) is 5.75 Å². The summed E-state index contributed by atoms with van der Waals surface area (Å²) in [6.45, 7) is 2.82. The molecule has 1 amide bonds. The molecule has 0 saturated carbocycles. The summed E-state index contributed by atoms with van der Waals surface area (Å²) < 4.78 is 37.5. The van der Waals surface area contributed by atoms with Crippen LogP contribution in [0.3, 0.4) is 0 Å². The van der Waals surface area contributed by atoms with E-state index in [0.717, 1.165) is 38.8 Å². The summed E-state index contributed by atoms with van der Waals surface area (Å²) in [6, 6.07) is 4.34. The summed E-state index contributed by atoms with van der Waals surface area (Å²) in [5.74, 6) is 0.235. The number of hydrogen-bond donors (Lipinski definition) is 0. The third-order valence-electron chi connectivity index (χ3n) is 4.82. The minimum atomic E-state index is -3.62. The van der Waals surface area contributed by atoms with Crippen LogP contribution in [0, 0.1) is 0 Å². The van der Waals surface area contributed by atoms with E-state index in [1.165, 1.54) is 22.5 Å². The highest BCUT2D eigenvalue weighted by Crippen LogP contribution is 2.29. The molecule has 1 aromatic carbocycles. The van der Waals surface area contributed by atoms with Crippen LogP contribution in [0.2, 0.25) is 5.02 Å². The Bertz CT molecular complexity index is 757. The number of halogens is 1. The van der Waals surface area contributed by atoms with Gasteiger partial charge in [0.2, 0.25) is 10.0 Å². The van der Waals surface area contributed by atoms with Crippen molar-refractivity contribution in [2.45, 2.75) is 30.6 Å². The smallest absolute Gasteiger partial charge is 0.260 e. The van der Waals surface area contributed by atoms with Crippen LogP contribution >= 0.6 is 11.6 Å². The van der Waals surface area contributed by atoms with Crippen LogP contribution in [0.1, 0.15) is 25.7 Å². The van der Waals surface area contributed by atoms with Gasteiger partial charge in [-0.1, -0.05) is 24.4 Å². The molecule has 2 heterocycles. The van der Waals surface area contributed by atoms with E-state index in [-0.39, 0.29) is 22.4 Å². The molecule has 0 spiro atoms. The standard InChI is InChI=1S/C18H25ClN2O5S/c19-16-13-15(27(23,24)21-9-11-25-12-10-21)5-6-17(16)26-14-18(22)20-7-3-1-2-4-8-20/h5-6,13H,1-4,7-12,14H2. The molecule has 2 aliphatic rings. The van der Waals surface area contributed by atoms with Crippen molar-refractivity contribution in [1.82, 2.24) is 9.21 Å². The number of rotatable bonds is 5. The Morgan fingerprint density at radius 3 is 2.37 bits per heavy atom. The molecule has 3 rings (SSSR count). The average Bonchev–Trinajstić information content (AvgIpc) is 2.97. The van der Waals surface area contributed by atoms with Gasteiger partial charge in [-0.3, -0.25) is 4.79 Å². The SMILES string of the molecule is O=C(COc1ccc(S(=O)(=O)N2CCOCC2)cc1Cl)N1CCCCCC1. The Morgan fingerprint density at radius 1 is 1.07 bits per heavy atom. The van der Waals surface area contributed by atoms with Crippen molar-refractivity contribution >= 4 is 27.5 Å².